The molecule has 2 rings (SSSR count). The molecule has 0 spiro atoms. The summed E-state index contributed by atoms with van der Waals surface area (Å²) in [5.41, 5.74) is 0. The van der Waals surface area contributed by atoms with Crippen molar-refractivity contribution in [3.05, 3.63) is 22.4 Å². The highest BCUT2D eigenvalue weighted by Crippen LogP contribution is 2.15. The van der Waals surface area contributed by atoms with Gasteiger partial charge < -0.3 is 15.4 Å². The molecule has 2 atom stereocenters. The van der Waals surface area contributed by atoms with Crippen molar-refractivity contribution < 1.29 is 4.74 Å². The van der Waals surface area contributed by atoms with Crippen molar-refractivity contribution in [3.8, 4) is 0 Å². The first-order chi connectivity index (χ1) is 10.8. The summed E-state index contributed by atoms with van der Waals surface area (Å²) in [7, 11) is 0. The fourth-order valence-corrected chi connectivity index (χ4v) is 3.52. The number of thiophene rings is 1. The highest BCUT2D eigenvalue weighted by atomic mass is 32.1. The summed E-state index contributed by atoms with van der Waals surface area (Å²) in [5.74, 6) is 1.49. The van der Waals surface area contributed by atoms with Crippen molar-refractivity contribution in [2.24, 2.45) is 10.9 Å². The number of ether oxygens (including phenoxy) is 1. The number of nitrogens with one attached hydrogen (secondary N) is 2. The number of guanidine groups is 1. The van der Waals surface area contributed by atoms with E-state index in [1.165, 1.54) is 17.7 Å². The average Bonchev–Trinajstić information content (AvgIpc) is 3.18. The Kier molecular flexibility index (Phi) is 7.74. The van der Waals surface area contributed by atoms with E-state index in [0.717, 1.165) is 45.0 Å². The summed E-state index contributed by atoms with van der Waals surface area (Å²) in [6.07, 6.45) is 5.02. The predicted octanol–water partition coefficient (Wildman–Crippen LogP) is 3.05. The summed E-state index contributed by atoms with van der Waals surface area (Å²) in [6.45, 7) is 7.97. The molecule has 1 saturated heterocycles. The number of rotatable bonds is 8. The van der Waals surface area contributed by atoms with E-state index >= 15 is 0 Å². The Balaban J connectivity index is 1.70. The highest BCUT2D eigenvalue weighted by molar-refractivity contribution is 7.09. The molecule has 0 aromatic carbocycles. The van der Waals surface area contributed by atoms with Crippen LogP contribution in [0.1, 0.15) is 38.0 Å². The van der Waals surface area contributed by atoms with Crippen LogP contribution in [0.3, 0.4) is 0 Å². The Bertz CT molecular complexity index is 427. The van der Waals surface area contributed by atoms with E-state index in [1.54, 1.807) is 0 Å². The predicted molar refractivity (Wildman–Crippen MR) is 94.8 cm³/mol. The van der Waals surface area contributed by atoms with Crippen LogP contribution in [-0.2, 0) is 11.2 Å². The summed E-state index contributed by atoms with van der Waals surface area (Å²) < 4.78 is 5.65. The Morgan fingerprint density at radius 1 is 1.50 bits per heavy atom. The van der Waals surface area contributed by atoms with E-state index in [1.807, 2.05) is 11.3 Å². The van der Waals surface area contributed by atoms with Crippen LogP contribution >= 0.6 is 11.3 Å². The molecular formula is C17H29N3OS. The minimum Gasteiger partial charge on any atom is -0.378 e. The zero-order valence-electron chi connectivity index (χ0n) is 13.8. The largest absolute Gasteiger partial charge is 0.378 e. The normalized spacial score (nSPS) is 20.1. The van der Waals surface area contributed by atoms with E-state index in [0.29, 0.717) is 12.0 Å². The summed E-state index contributed by atoms with van der Waals surface area (Å²) >= 11 is 1.83. The van der Waals surface area contributed by atoms with Crippen molar-refractivity contribution in [1.82, 2.24) is 10.6 Å². The third-order valence-electron chi connectivity index (χ3n) is 3.82. The van der Waals surface area contributed by atoms with Gasteiger partial charge in [-0.15, -0.1) is 11.3 Å². The lowest BCUT2D eigenvalue weighted by atomic mass is 10.1. The van der Waals surface area contributed by atoms with Gasteiger partial charge >= 0.3 is 0 Å². The lowest BCUT2D eigenvalue weighted by molar-refractivity contribution is 0.105. The third kappa shape index (κ3) is 6.36. The van der Waals surface area contributed by atoms with E-state index in [9.17, 15) is 0 Å². The van der Waals surface area contributed by atoms with Gasteiger partial charge in [-0.25, -0.2) is 0 Å². The van der Waals surface area contributed by atoms with Gasteiger partial charge in [0.1, 0.15) is 0 Å². The molecule has 2 N–H and O–H groups in total. The Hall–Kier alpha value is -1.07. The van der Waals surface area contributed by atoms with E-state index in [-0.39, 0.29) is 0 Å². The maximum absolute atomic E-state index is 5.65. The van der Waals surface area contributed by atoms with E-state index < -0.39 is 0 Å². The zero-order chi connectivity index (χ0) is 15.6. The van der Waals surface area contributed by atoms with Gasteiger partial charge in [-0.3, -0.25) is 4.99 Å². The van der Waals surface area contributed by atoms with E-state index in [4.69, 9.17) is 9.73 Å². The number of aliphatic imine (C=N–C) groups is 1. The molecule has 2 heterocycles. The maximum atomic E-state index is 5.65. The molecule has 1 aromatic heterocycles. The van der Waals surface area contributed by atoms with Gasteiger partial charge in [-0.1, -0.05) is 13.0 Å². The first kappa shape index (κ1) is 17.3. The molecule has 22 heavy (non-hydrogen) atoms. The number of nitrogens with zero attached hydrogens (tertiary/aromatic N) is 1. The molecule has 0 radical (unpaired) electrons. The summed E-state index contributed by atoms with van der Waals surface area (Å²) in [6, 6.07) is 4.32. The molecule has 0 amide bonds. The minimum atomic E-state index is 0.438. The van der Waals surface area contributed by atoms with Crippen LogP contribution in [0.4, 0.5) is 0 Å². The monoisotopic (exact) mass is 323 g/mol. The van der Waals surface area contributed by atoms with Crippen molar-refractivity contribution in [3.63, 3.8) is 0 Å². The molecule has 0 aliphatic carbocycles. The molecular weight excluding hydrogens is 294 g/mol. The highest BCUT2D eigenvalue weighted by Gasteiger charge is 2.14. The molecule has 5 heteroatoms. The van der Waals surface area contributed by atoms with Gasteiger partial charge in [-0.05, 0) is 50.0 Å². The van der Waals surface area contributed by atoms with Crippen molar-refractivity contribution in [2.75, 3.05) is 26.2 Å². The Morgan fingerprint density at radius 2 is 2.41 bits per heavy atom. The smallest absolute Gasteiger partial charge is 0.191 e. The van der Waals surface area contributed by atoms with Crippen LogP contribution in [-0.4, -0.2) is 38.3 Å². The third-order valence-corrected chi connectivity index (χ3v) is 4.72. The van der Waals surface area contributed by atoms with Gasteiger partial charge in [0.05, 0.1) is 6.10 Å². The second-order valence-electron chi connectivity index (χ2n) is 5.96. The number of hydrogen-bond acceptors (Lipinski definition) is 3. The van der Waals surface area contributed by atoms with Gasteiger partial charge in [0.2, 0.25) is 0 Å². The number of hydrogen-bond donors (Lipinski definition) is 2. The van der Waals surface area contributed by atoms with Crippen molar-refractivity contribution in [1.29, 1.82) is 0 Å². The fourth-order valence-electron chi connectivity index (χ4n) is 2.65. The van der Waals surface area contributed by atoms with Gasteiger partial charge in [0, 0.05) is 31.1 Å². The van der Waals surface area contributed by atoms with Gasteiger partial charge in [0.25, 0.3) is 0 Å². The van der Waals surface area contributed by atoms with Crippen LogP contribution in [0.25, 0.3) is 0 Å². The standard InChI is InChI=1S/C17H29N3OS/c1-3-18-17(19-9-8-15-6-4-10-21-15)20-13-14(2)12-16-7-5-11-22-16/h5,7,11,14-15H,3-4,6,8-10,12-13H2,1-2H3,(H2,18,19,20). The second kappa shape index (κ2) is 9.85. The topological polar surface area (TPSA) is 45.7 Å². The molecule has 1 aliphatic heterocycles. The van der Waals surface area contributed by atoms with E-state index in [2.05, 4.69) is 42.0 Å². The van der Waals surface area contributed by atoms with Crippen molar-refractivity contribution in [2.45, 2.75) is 45.6 Å². The quantitative estimate of drug-likeness (QED) is 0.571. The first-order valence-corrected chi connectivity index (χ1v) is 9.32. The first-order valence-electron chi connectivity index (χ1n) is 8.44. The van der Waals surface area contributed by atoms with Gasteiger partial charge in [-0.2, -0.15) is 0 Å². The lowest BCUT2D eigenvalue weighted by Crippen LogP contribution is -2.39. The molecule has 0 bridgehead atoms. The Morgan fingerprint density at radius 3 is 3.09 bits per heavy atom. The average molecular weight is 324 g/mol. The Labute approximate surface area is 138 Å². The maximum Gasteiger partial charge on any atom is 0.191 e. The SMILES string of the molecule is CCNC(=NCC(C)Cc1cccs1)NCCC1CCCO1. The van der Waals surface area contributed by atoms with Crippen LogP contribution in [0.2, 0.25) is 0 Å². The zero-order valence-corrected chi connectivity index (χ0v) is 14.6. The van der Waals surface area contributed by atoms with Crippen LogP contribution < -0.4 is 10.6 Å². The molecule has 1 fully saturated rings. The molecule has 1 aliphatic rings. The molecule has 124 valence electrons. The summed E-state index contributed by atoms with van der Waals surface area (Å²) in [4.78, 5) is 6.16. The molecule has 1 aromatic rings. The van der Waals surface area contributed by atoms with Crippen LogP contribution in [0, 0.1) is 5.92 Å². The van der Waals surface area contributed by atoms with Crippen LogP contribution in [0.5, 0.6) is 0 Å². The van der Waals surface area contributed by atoms with Gasteiger partial charge in [0.15, 0.2) is 5.96 Å². The minimum absolute atomic E-state index is 0.438. The molecule has 2 unspecified atom stereocenters. The molecule has 4 nitrogen and oxygen atoms in total. The van der Waals surface area contributed by atoms with Crippen LogP contribution in [0.15, 0.2) is 22.5 Å². The summed E-state index contributed by atoms with van der Waals surface area (Å²) in [5, 5.41) is 8.89. The lowest BCUT2D eigenvalue weighted by Gasteiger charge is -2.15. The molecule has 0 saturated carbocycles. The fraction of sp³-hybridized carbons (Fsp3) is 0.706. The van der Waals surface area contributed by atoms with Crippen molar-refractivity contribution >= 4 is 17.3 Å². The second-order valence-corrected chi connectivity index (χ2v) is 6.99.